The third kappa shape index (κ3) is 5.24. The molecule has 1 amide bonds. The van der Waals surface area contributed by atoms with Gasteiger partial charge in [0, 0.05) is 36.6 Å². The van der Waals surface area contributed by atoms with Gasteiger partial charge < -0.3 is 26.4 Å². The highest BCUT2D eigenvalue weighted by atomic mass is 19.1. The average molecular weight is 453 g/mol. The van der Waals surface area contributed by atoms with Gasteiger partial charge in [-0.15, -0.1) is 0 Å². The van der Waals surface area contributed by atoms with E-state index >= 15 is 0 Å². The zero-order chi connectivity index (χ0) is 23.4. The van der Waals surface area contributed by atoms with E-state index < -0.39 is 23.4 Å². The fraction of sp³-hybridized carbons (Fsp3) is 0.0435. The van der Waals surface area contributed by atoms with E-state index in [9.17, 15) is 18.0 Å². The van der Waals surface area contributed by atoms with Crippen LogP contribution in [-0.4, -0.2) is 17.4 Å². The Morgan fingerprint density at radius 1 is 1.06 bits per heavy atom. The number of anilines is 3. The Hall–Kier alpha value is -4.47. The number of dihydropyridines is 1. The summed E-state index contributed by atoms with van der Waals surface area (Å²) in [7, 11) is 0. The van der Waals surface area contributed by atoms with Crippen molar-refractivity contribution in [1.82, 2.24) is 10.3 Å². The van der Waals surface area contributed by atoms with Gasteiger partial charge in [0.2, 0.25) is 0 Å². The van der Waals surface area contributed by atoms with Gasteiger partial charge >= 0.3 is 0 Å². The van der Waals surface area contributed by atoms with Crippen LogP contribution in [0.25, 0.3) is 0 Å². The van der Waals surface area contributed by atoms with Crippen molar-refractivity contribution in [2.75, 3.05) is 22.9 Å². The normalized spacial score (nSPS) is 12.8. The maximum absolute atomic E-state index is 14.6. The molecule has 0 fully saturated rings. The maximum Gasteiger partial charge on any atom is 0.255 e. The lowest BCUT2D eigenvalue weighted by Gasteiger charge is -2.19. The number of carbonyl (C=O) groups is 1. The predicted molar refractivity (Wildman–Crippen MR) is 118 cm³/mol. The number of rotatable bonds is 6. The van der Waals surface area contributed by atoms with Crippen LogP contribution in [-0.2, 0) is 4.79 Å². The molecule has 168 valence electrons. The zero-order valence-corrected chi connectivity index (χ0v) is 17.0. The van der Waals surface area contributed by atoms with Crippen LogP contribution in [0.5, 0.6) is 11.5 Å². The Morgan fingerprint density at radius 2 is 1.91 bits per heavy atom. The zero-order valence-electron chi connectivity index (χ0n) is 17.0. The molecule has 0 saturated heterocycles. The van der Waals surface area contributed by atoms with E-state index in [1.165, 1.54) is 24.4 Å². The van der Waals surface area contributed by atoms with E-state index in [1.807, 2.05) is 0 Å². The van der Waals surface area contributed by atoms with Crippen LogP contribution < -0.4 is 26.4 Å². The number of pyridine rings is 1. The summed E-state index contributed by atoms with van der Waals surface area (Å²) in [5.41, 5.74) is 6.42. The van der Waals surface area contributed by atoms with Gasteiger partial charge in [-0.1, -0.05) is 0 Å². The van der Waals surface area contributed by atoms with Crippen LogP contribution in [0, 0.1) is 17.5 Å². The van der Waals surface area contributed by atoms with E-state index in [4.69, 9.17) is 10.5 Å². The number of benzene rings is 2. The number of amides is 1. The Morgan fingerprint density at radius 3 is 2.67 bits per heavy atom. The topological polar surface area (TPSA) is 101 Å². The third-order valence-electron chi connectivity index (χ3n) is 4.62. The van der Waals surface area contributed by atoms with Crippen LogP contribution in [0.15, 0.2) is 78.3 Å². The Labute approximate surface area is 186 Å². The molecule has 0 aliphatic carbocycles. The Bertz CT molecular complexity index is 1280. The standard InChI is InChI=1S/C23H18F3N5O2/c24-13-1-3-20(17(25)9-13)31-23(32)16-12-28-7-6-19(16)30-14-2-4-21(18(26)10-14)33-15-5-8-29-22(27)11-15/h1-11,28,30H,12H2,(H2,27,29)(H,31,32). The van der Waals surface area contributed by atoms with Crippen molar-refractivity contribution in [3.8, 4) is 11.5 Å². The molecule has 7 nitrogen and oxygen atoms in total. The van der Waals surface area contributed by atoms with Crippen molar-refractivity contribution in [2.24, 2.45) is 0 Å². The molecule has 0 unspecified atom stereocenters. The fourth-order valence-electron chi connectivity index (χ4n) is 3.04. The second-order valence-corrected chi connectivity index (χ2v) is 6.97. The number of aromatic nitrogens is 1. The highest BCUT2D eigenvalue weighted by Gasteiger charge is 2.19. The Balaban J connectivity index is 1.52. The lowest BCUT2D eigenvalue weighted by molar-refractivity contribution is -0.113. The van der Waals surface area contributed by atoms with Gasteiger partial charge in [0.25, 0.3) is 5.91 Å². The van der Waals surface area contributed by atoms with Gasteiger partial charge in [-0.3, -0.25) is 4.79 Å². The quantitative estimate of drug-likeness (QED) is 0.444. The molecule has 1 aliphatic rings. The number of halogens is 3. The highest BCUT2D eigenvalue weighted by molar-refractivity contribution is 6.05. The first-order valence-electron chi connectivity index (χ1n) is 9.74. The molecule has 1 aromatic heterocycles. The summed E-state index contributed by atoms with van der Waals surface area (Å²) in [6.45, 7) is 0.140. The lowest BCUT2D eigenvalue weighted by atomic mass is 10.1. The third-order valence-corrected chi connectivity index (χ3v) is 4.62. The van der Waals surface area contributed by atoms with Gasteiger partial charge in [-0.25, -0.2) is 18.2 Å². The summed E-state index contributed by atoms with van der Waals surface area (Å²) in [5, 5.41) is 8.28. The lowest BCUT2D eigenvalue weighted by Crippen LogP contribution is -2.28. The molecule has 5 N–H and O–H groups in total. The van der Waals surface area contributed by atoms with Crippen LogP contribution in [0.3, 0.4) is 0 Å². The summed E-state index contributed by atoms with van der Waals surface area (Å²) in [4.78, 5) is 16.6. The van der Waals surface area contributed by atoms with Gasteiger partial charge in [0.05, 0.1) is 17.0 Å². The van der Waals surface area contributed by atoms with E-state index in [0.29, 0.717) is 23.2 Å². The minimum Gasteiger partial charge on any atom is -0.454 e. The molecule has 2 heterocycles. The number of nitrogens with two attached hydrogens (primary N) is 1. The van der Waals surface area contributed by atoms with Gasteiger partial charge in [-0.2, -0.15) is 0 Å². The second kappa shape index (κ2) is 9.35. The highest BCUT2D eigenvalue weighted by Crippen LogP contribution is 2.28. The number of carbonyl (C=O) groups excluding carboxylic acids is 1. The number of nitrogens with one attached hydrogen (secondary N) is 3. The first-order valence-corrected chi connectivity index (χ1v) is 9.74. The summed E-state index contributed by atoms with van der Waals surface area (Å²) in [5.74, 6) is -2.35. The minimum atomic E-state index is -0.897. The fourth-order valence-corrected chi connectivity index (χ4v) is 3.04. The van der Waals surface area contributed by atoms with Crippen LogP contribution in [0.2, 0.25) is 0 Å². The first-order chi connectivity index (χ1) is 15.9. The van der Waals surface area contributed by atoms with Gasteiger partial charge in [0.15, 0.2) is 11.6 Å². The number of ether oxygens (including phenoxy) is 1. The molecule has 33 heavy (non-hydrogen) atoms. The molecule has 10 heteroatoms. The van der Waals surface area contributed by atoms with Crippen molar-refractivity contribution in [3.63, 3.8) is 0 Å². The van der Waals surface area contributed by atoms with Crippen LogP contribution >= 0.6 is 0 Å². The van der Waals surface area contributed by atoms with Crippen molar-refractivity contribution in [1.29, 1.82) is 0 Å². The smallest absolute Gasteiger partial charge is 0.255 e. The Kier molecular flexibility index (Phi) is 6.16. The summed E-state index contributed by atoms with van der Waals surface area (Å²) >= 11 is 0. The number of hydrogen-bond acceptors (Lipinski definition) is 6. The molecule has 0 spiro atoms. The number of hydrogen-bond donors (Lipinski definition) is 4. The van der Waals surface area contributed by atoms with Crippen molar-refractivity contribution >= 4 is 23.1 Å². The van der Waals surface area contributed by atoms with E-state index in [-0.39, 0.29) is 29.4 Å². The van der Waals surface area contributed by atoms with Crippen LogP contribution in [0.4, 0.5) is 30.4 Å². The SMILES string of the molecule is Nc1cc(Oc2ccc(NC3=C(C(=O)Nc4ccc(F)cc4F)CNC=C3)cc2F)ccn1. The molecule has 0 saturated carbocycles. The monoisotopic (exact) mass is 453 g/mol. The average Bonchev–Trinajstić information content (AvgIpc) is 2.78. The van der Waals surface area contributed by atoms with Gasteiger partial charge in [-0.05, 0) is 42.6 Å². The molecular formula is C23H18F3N5O2. The molecule has 1 aliphatic heterocycles. The van der Waals surface area contributed by atoms with Crippen molar-refractivity contribution < 1.29 is 22.7 Å². The molecule has 0 bridgehead atoms. The summed E-state index contributed by atoms with van der Waals surface area (Å²) < 4.78 is 47.1. The second-order valence-electron chi connectivity index (χ2n) is 6.97. The maximum atomic E-state index is 14.6. The van der Waals surface area contributed by atoms with Crippen LogP contribution in [0.1, 0.15) is 0 Å². The van der Waals surface area contributed by atoms with E-state index in [2.05, 4.69) is 20.9 Å². The molecule has 2 aromatic carbocycles. The molecular weight excluding hydrogens is 435 g/mol. The molecule has 4 rings (SSSR count). The largest absolute Gasteiger partial charge is 0.454 e. The summed E-state index contributed by atoms with van der Waals surface area (Å²) in [6.07, 6.45) is 4.64. The number of allylic oxidation sites excluding steroid dienone is 1. The van der Waals surface area contributed by atoms with Crippen molar-refractivity contribution in [2.45, 2.75) is 0 Å². The number of nitrogens with zero attached hydrogens (tertiary/aromatic N) is 1. The van der Waals surface area contributed by atoms with Crippen molar-refractivity contribution in [3.05, 3.63) is 95.7 Å². The number of nitrogen functional groups attached to an aromatic ring is 1. The van der Waals surface area contributed by atoms with Gasteiger partial charge in [0.1, 0.15) is 23.2 Å². The molecule has 0 atom stereocenters. The first kappa shape index (κ1) is 21.8. The van der Waals surface area contributed by atoms with E-state index in [0.717, 1.165) is 12.1 Å². The molecule has 3 aromatic rings. The van der Waals surface area contributed by atoms with E-state index in [1.54, 1.807) is 24.4 Å². The molecule has 0 radical (unpaired) electrons. The minimum absolute atomic E-state index is 0.0225. The predicted octanol–water partition coefficient (Wildman–Crippen LogP) is 4.30. The summed E-state index contributed by atoms with van der Waals surface area (Å²) in [6, 6.07) is 10.1.